The van der Waals surface area contributed by atoms with Gasteiger partial charge in [-0.3, -0.25) is 4.79 Å². The number of alkyl halides is 1. The lowest BCUT2D eigenvalue weighted by Crippen LogP contribution is -2.36. The summed E-state index contributed by atoms with van der Waals surface area (Å²) in [6.07, 6.45) is 2.14. The Kier molecular flexibility index (Phi) is 3.51. The molecule has 1 fully saturated rings. The molecule has 0 radical (unpaired) electrons. The van der Waals surface area contributed by atoms with Crippen LogP contribution in [-0.4, -0.2) is 28.7 Å². The molecule has 1 atom stereocenters. The molecule has 2 heterocycles. The molecule has 0 aliphatic carbocycles. The van der Waals surface area contributed by atoms with Gasteiger partial charge < -0.3 is 9.32 Å². The van der Waals surface area contributed by atoms with Crippen LogP contribution in [0.5, 0.6) is 0 Å². The Morgan fingerprint density at radius 1 is 1.60 bits per heavy atom. The maximum atomic E-state index is 12.0. The van der Waals surface area contributed by atoms with Crippen molar-refractivity contribution in [3.63, 3.8) is 0 Å². The fraction of sp³-hybridized carbons (Fsp3) is 0.500. The summed E-state index contributed by atoms with van der Waals surface area (Å²) in [5.41, 5.74) is 0. The Labute approximate surface area is 105 Å². The van der Waals surface area contributed by atoms with Gasteiger partial charge in [-0.25, -0.2) is 0 Å². The van der Waals surface area contributed by atoms with Crippen molar-refractivity contribution < 1.29 is 9.21 Å². The summed E-state index contributed by atoms with van der Waals surface area (Å²) in [6.45, 7) is 0.827. The normalized spacial score (nSPS) is 20.9. The number of amides is 1. The molecule has 0 N–H and O–H groups in total. The zero-order valence-corrected chi connectivity index (χ0v) is 11.3. The fourth-order valence-corrected chi connectivity index (χ4v) is 2.81. The Morgan fingerprint density at radius 3 is 3.00 bits per heavy atom. The molecule has 5 heteroatoms. The second-order valence-electron chi connectivity index (χ2n) is 3.55. The van der Waals surface area contributed by atoms with Crippen LogP contribution in [0.1, 0.15) is 23.4 Å². The number of hydrogen-bond donors (Lipinski definition) is 0. The molecular formula is C10H11Br2NO2. The lowest BCUT2D eigenvalue weighted by molar-refractivity contribution is 0.0717. The van der Waals surface area contributed by atoms with Gasteiger partial charge >= 0.3 is 0 Å². The largest absolute Gasteiger partial charge is 0.444 e. The van der Waals surface area contributed by atoms with Crippen molar-refractivity contribution in [2.24, 2.45) is 0 Å². The third-order valence-corrected chi connectivity index (χ3v) is 3.77. The highest BCUT2D eigenvalue weighted by Crippen LogP contribution is 2.23. The van der Waals surface area contributed by atoms with Crippen LogP contribution in [0.15, 0.2) is 21.2 Å². The minimum atomic E-state index is -0.0114. The number of carbonyl (C=O) groups is 1. The van der Waals surface area contributed by atoms with Crippen LogP contribution in [0.2, 0.25) is 0 Å². The van der Waals surface area contributed by atoms with Crippen molar-refractivity contribution in [2.45, 2.75) is 18.9 Å². The zero-order valence-electron chi connectivity index (χ0n) is 8.08. The highest BCUT2D eigenvalue weighted by molar-refractivity contribution is 9.10. The van der Waals surface area contributed by atoms with Crippen LogP contribution >= 0.6 is 31.9 Å². The topological polar surface area (TPSA) is 33.5 Å². The maximum Gasteiger partial charge on any atom is 0.289 e. The summed E-state index contributed by atoms with van der Waals surface area (Å²) in [6, 6.07) is 3.75. The van der Waals surface area contributed by atoms with Gasteiger partial charge in [-0.15, -0.1) is 0 Å². The fourth-order valence-electron chi connectivity index (χ4n) is 1.83. The number of likely N-dealkylation sites (tertiary alicyclic amines) is 1. The van der Waals surface area contributed by atoms with Crippen molar-refractivity contribution in [1.29, 1.82) is 0 Å². The summed E-state index contributed by atoms with van der Waals surface area (Å²) in [7, 11) is 0. The number of nitrogens with zero attached hydrogens (tertiary/aromatic N) is 1. The number of furan rings is 1. The summed E-state index contributed by atoms with van der Waals surface area (Å²) in [4.78, 5) is 13.9. The molecule has 2 rings (SSSR count). The number of carbonyl (C=O) groups excluding carboxylic acids is 1. The lowest BCUT2D eigenvalue weighted by Gasteiger charge is -2.21. The number of rotatable bonds is 2. The number of hydrogen-bond acceptors (Lipinski definition) is 2. The predicted octanol–water partition coefficient (Wildman–Crippen LogP) is 3.04. The van der Waals surface area contributed by atoms with Gasteiger partial charge in [0.2, 0.25) is 0 Å². The van der Waals surface area contributed by atoms with Gasteiger partial charge in [0.15, 0.2) is 10.4 Å². The summed E-state index contributed by atoms with van der Waals surface area (Å²) in [5.74, 6) is 0.400. The molecule has 1 aromatic rings. The van der Waals surface area contributed by atoms with Crippen molar-refractivity contribution in [1.82, 2.24) is 4.90 Å². The molecule has 0 saturated carbocycles. The van der Waals surface area contributed by atoms with E-state index in [1.165, 1.54) is 0 Å². The lowest BCUT2D eigenvalue weighted by atomic mass is 10.2. The van der Waals surface area contributed by atoms with E-state index in [1.54, 1.807) is 12.1 Å². The zero-order chi connectivity index (χ0) is 10.8. The average molecular weight is 337 g/mol. The van der Waals surface area contributed by atoms with E-state index >= 15 is 0 Å². The van der Waals surface area contributed by atoms with Crippen molar-refractivity contribution in [2.75, 3.05) is 11.9 Å². The van der Waals surface area contributed by atoms with Gasteiger partial charge in [0.1, 0.15) is 0 Å². The van der Waals surface area contributed by atoms with E-state index in [0.717, 1.165) is 24.7 Å². The van der Waals surface area contributed by atoms with Crippen LogP contribution < -0.4 is 0 Å². The summed E-state index contributed by atoms with van der Waals surface area (Å²) in [5, 5.41) is 0.834. The van der Waals surface area contributed by atoms with Gasteiger partial charge in [-0.2, -0.15) is 0 Å². The third-order valence-electron chi connectivity index (χ3n) is 2.60. The molecule has 1 unspecified atom stereocenters. The highest BCUT2D eigenvalue weighted by atomic mass is 79.9. The minimum Gasteiger partial charge on any atom is -0.444 e. The Bertz CT molecular complexity index is 364. The second-order valence-corrected chi connectivity index (χ2v) is 4.98. The SMILES string of the molecule is O=C(c1ccc(Br)o1)N1CCCC1CBr. The first-order valence-electron chi connectivity index (χ1n) is 4.84. The Morgan fingerprint density at radius 2 is 2.40 bits per heavy atom. The van der Waals surface area contributed by atoms with E-state index in [1.807, 2.05) is 4.90 Å². The molecule has 3 nitrogen and oxygen atoms in total. The average Bonchev–Trinajstić information content (AvgIpc) is 2.84. The standard InChI is InChI=1S/C10H11Br2NO2/c11-6-7-2-1-5-13(7)10(14)8-3-4-9(12)15-8/h3-4,7H,1-2,5-6H2. The molecular weight excluding hydrogens is 326 g/mol. The molecule has 1 aliphatic rings. The molecule has 1 aliphatic heterocycles. The molecule has 0 spiro atoms. The van der Waals surface area contributed by atoms with Gasteiger partial charge in [-0.05, 0) is 40.9 Å². The van der Waals surface area contributed by atoms with Gasteiger partial charge in [0.25, 0.3) is 5.91 Å². The molecule has 82 valence electrons. The molecule has 0 bridgehead atoms. The smallest absolute Gasteiger partial charge is 0.289 e. The van der Waals surface area contributed by atoms with Gasteiger partial charge in [-0.1, -0.05) is 15.9 Å². The van der Waals surface area contributed by atoms with E-state index in [-0.39, 0.29) is 5.91 Å². The van der Waals surface area contributed by atoms with Crippen molar-refractivity contribution >= 4 is 37.8 Å². The maximum absolute atomic E-state index is 12.0. The van der Waals surface area contributed by atoms with Gasteiger partial charge in [0.05, 0.1) is 0 Å². The van der Waals surface area contributed by atoms with E-state index in [4.69, 9.17) is 4.42 Å². The van der Waals surface area contributed by atoms with E-state index < -0.39 is 0 Å². The van der Waals surface area contributed by atoms with Crippen molar-refractivity contribution in [3.05, 3.63) is 22.6 Å². The quantitative estimate of drug-likeness (QED) is 0.778. The predicted molar refractivity (Wildman–Crippen MR) is 64.3 cm³/mol. The van der Waals surface area contributed by atoms with Crippen LogP contribution in [-0.2, 0) is 0 Å². The van der Waals surface area contributed by atoms with Crippen LogP contribution in [0.25, 0.3) is 0 Å². The second kappa shape index (κ2) is 4.70. The molecule has 1 aromatic heterocycles. The molecule has 1 saturated heterocycles. The first kappa shape index (κ1) is 11.2. The van der Waals surface area contributed by atoms with Crippen LogP contribution in [0, 0.1) is 0 Å². The minimum absolute atomic E-state index is 0.0114. The molecule has 15 heavy (non-hydrogen) atoms. The highest BCUT2D eigenvalue weighted by Gasteiger charge is 2.29. The first-order valence-corrected chi connectivity index (χ1v) is 6.76. The van der Waals surface area contributed by atoms with E-state index in [0.29, 0.717) is 16.5 Å². The monoisotopic (exact) mass is 335 g/mol. The number of halogens is 2. The van der Waals surface area contributed by atoms with Gasteiger partial charge in [0, 0.05) is 17.9 Å². The van der Waals surface area contributed by atoms with E-state index in [9.17, 15) is 4.79 Å². The molecule has 0 aromatic carbocycles. The van der Waals surface area contributed by atoms with Crippen LogP contribution in [0.3, 0.4) is 0 Å². The first-order chi connectivity index (χ1) is 7.22. The Balaban J connectivity index is 2.13. The van der Waals surface area contributed by atoms with E-state index in [2.05, 4.69) is 31.9 Å². The van der Waals surface area contributed by atoms with Crippen molar-refractivity contribution in [3.8, 4) is 0 Å². The molecule has 1 amide bonds. The summed E-state index contributed by atoms with van der Waals surface area (Å²) < 4.78 is 5.86. The summed E-state index contributed by atoms with van der Waals surface area (Å²) >= 11 is 6.62. The van der Waals surface area contributed by atoms with Crippen LogP contribution in [0.4, 0.5) is 0 Å². The Hall–Kier alpha value is -0.290. The third kappa shape index (κ3) is 2.28.